The van der Waals surface area contributed by atoms with Crippen molar-refractivity contribution in [1.29, 1.82) is 0 Å². The van der Waals surface area contributed by atoms with Crippen molar-refractivity contribution in [3.8, 4) is 5.69 Å². The van der Waals surface area contributed by atoms with Crippen molar-refractivity contribution in [3.63, 3.8) is 0 Å². The van der Waals surface area contributed by atoms with Crippen LogP contribution >= 0.6 is 0 Å². The van der Waals surface area contributed by atoms with Gasteiger partial charge >= 0.3 is 6.18 Å². The molecule has 0 atom stereocenters. The molecule has 0 aliphatic rings. The Labute approximate surface area is 135 Å². The zero-order valence-electron chi connectivity index (χ0n) is 12.4. The van der Waals surface area contributed by atoms with Crippen LogP contribution in [0.2, 0.25) is 0 Å². The second kappa shape index (κ2) is 6.35. The maximum absolute atomic E-state index is 13.3. The van der Waals surface area contributed by atoms with Gasteiger partial charge < -0.3 is 5.32 Å². The zero-order valence-corrected chi connectivity index (χ0v) is 12.4. The van der Waals surface area contributed by atoms with Crippen LogP contribution in [-0.2, 0) is 12.7 Å². The van der Waals surface area contributed by atoms with Crippen molar-refractivity contribution >= 4 is 5.95 Å². The maximum Gasteiger partial charge on any atom is 0.416 e. The number of nitrogens with zero attached hydrogens (tertiary/aromatic N) is 2. The molecule has 7 heteroatoms. The number of hydrogen-bond acceptors (Lipinski definition) is 2. The maximum atomic E-state index is 13.3. The van der Waals surface area contributed by atoms with Crippen molar-refractivity contribution in [3.05, 3.63) is 77.9 Å². The van der Waals surface area contributed by atoms with Gasteiger partial charge in [0.2, 0.25) is 5.95 Å². The molecule has 2 aromatic carbocycles. The lowest BCUT2D eigenvalue weighted by molar-refractivity contribution is -0.137. The third-order valence-electron chi connectivity index (χ3n) is 3.46. The lowest BCUT2D eigenvalue weighted by atomic mass is 10.1. The largest absolute Gasteiger partial charge is 0.416 e. The molecule has 124 valence electrons. The lowest BCUT2D eigenvalue weighted by Gasteiger charge is -2.11. The van der Waals surface area contributed by atoms with Crippen molar-refractivity contribution in [1.82, 2.24) is 9.55 Å². The van der Waals surface area contributed by atoms with E-state index in [1.54, 1.807) is 29.1 Å². The van der Waals surface area contributed by atoms with Crippen LogP contribution in [0.3, 0.4) is 0 Å². The Kier molecular flexibility index (Phi) is 4.24. The summed E-state index contributed by atoms with van der Waals surface area (Å²) in [6.07, 6.45) is -1.12. The fraction of sp³-hybridized carbons (Fsp3) is 0.118. The van der Waals surface area contributed by atoms with Gasteiger partial charge in [-0.25, -0.2) is 9.37 Å². The average molecular weight is 335 g/mol. The summed E-state index contributed by atoms with van der Waals surface area (Å²) in [5, 5.41) is 3.03. The van der Waals surface area contributed by atoms with Crippen molar-refractivity contribution < 1.29 is 17.6 Å². The number of imidazole rings is 1. The number of hydrogen-bond donors (Lipinski definition) is 1. The highest BCUT2D eigenvalue weighted by Crippen LogP contribution is 2.29. The van der Waals surface area contributed by atoms with Crippen LogP contribution in [0.15, 0.2) is 60.9 Å². The molecule has 0 radical (unpaired) electrons. The zero-order chi connectivity index (χ0) is 17.2. The van der Waals surface area contributed by atoms with E-state index in [0.717, 1.165) is 12.1 Å². The molecule has 1 aromatic heterocycles. The number of rotatable bonds is 4. The topological polar surface area (TPSA) is 29.9 Å². The Bertz CT molecular complexity index is 822. The van der Waals surface area contributed by atoms with Gasteiger partial charge in [-0.3, -0.25) is 4.57 Å². The monoisotopic (exact) mass is 335 g/mol. The van der Waals surface area contributed by atoms with E-state index in [4.69, 9.17) is 0 Å². The summed E-state index contributed by atoms with van der Waals surface area (Å²) < 4.78 is 52.6. The van der Waals surface area contributed by atoms with Gasteiger partial charge in [-0.05, 0) is 35.9 Å². The summed E-state index contributed by atoms with van der Waals surface area (Å²) in [4.78, 5) is 4.14. The van der Waals surface area contributed by atoms with E-state index in [-0.39, 0.29) is 5.82 Å². The number of benzene rings is 2. The van der Waals surface area contributed by atoms with E-state index in [0.29, 0.717) is 23.7 Å². The third kappa shape index (κ3) is 3.56. The molecule has 0 saturated carbocycles. The van der Waals surface area contributed by atoms with Crippen LogP contribution in [0.5, 0.6) is 0 Å². The highest BCUT2D eigenvalue weighted by molar-refractivity contribution is 5.42. The quantitative estimate of drug-likeness (QED) is 0.704. The summed E-state index contributed by atoms with van der Waals surface area (Å²) in [6.45, 7) is 0.296. The third-order valence-corrected chi connectivity index (χ3v) is 3.46. The second-order valence-electron chi connectivity index (χ2n) is 5.15. The molecular weight excluding hydrogens is 322 g/mol. The van der Waals surface area contributed by atoms with Crippen LogP contribution in [0.4, 0.5) is 23.5 Å². The number of aromatic nitrogens is 2. The van der Waals surface area contributed by atoms with Crippen LogP contribution in [-0.4, -0.2) is 9.55 Å². The highest BCUT2D eigenvalue weighted by atomic mass is 19.4. The Morgan fingerprint density at radius 1 is 1.04 bits per heavy atom. The SMILES string of the molecule is Fc1cccc(-n2ccnc2NCc2ccc(C(F)(F)F)cc2)c1. The van der Waals surface area contributed by atoms with Gasteiger partial charge in [-0.15, -0.1) is 0 Å². The summed E-state index contributed by atoms with van der Waals surface area (Å²) in [7, 11) is 0. The first kappa shape index (κ1) is 16.0. The second-order valence-corrected chi connectivity index (χ2v) is 5.15. The molecule has 0 saturated heterocycles. The molecule has 3 nitrogen and oxygen atoms in total. The molecule has 0 bridgehead atoms. The molecule has 1 N–H and O–H groups in total. The van der Waals surface area contributed by atoms with E-state index in [9.17, 15) is 17.6 Å². The molecule has 0 aliphatic carbocycles. The number of anilines is 1. The minimum atomic E-state index is -4.35. The summed E-state index contributed by atoms with van der Waals surface area (Å²) in [5.74, 6) is 0.107. The molecule has 3 rings (SSSR count). The van der Waals surface area contributed by atoms with Crippen LogP contribution in [0, 0.1) is 5.82 Å². The lowest BCUT2D eigenvalue weighted by Crippen LogP contribution is -2.08. The molecule has 24 heavy (non-hydrogen) atoms. The number of halogens is 4. The Balaban J connectivity index is 1.73. The molecule has 0 aliphatic heterocycles. The summed E-state index contributed by atoms with van der Waals surface area (Å²) in [6, 6.07) is 10.9. The summed E-state index contributed by atoms with van der Waals surface area (Å²) >= 11 is 0. The minimum Gasteiger partial charge on any atom is -0.351 e. The molecule has 1 heterocycles. The fourth-order valence-corrected chi connectivity index (χ4v) is 2.26. The normalized spacial score (nSPS) is 11.5. The first-order chi connectivity index (χ1) is 11.4. The van der Waals surface area contributed by atoms with Gasteiger partial charge in [0, 0.05) is 18.9 Å². The Hall–Kier alpha value is -2.83. The molecule has 0 unspecified atom stereocenters. The first-order valence-electron chi connectivity index (χ1n) is 7.13. The Morgan fingerprint density at radius 3 is 2.46 bits per heavy atom. The minimum absolute atomic E-state index is 0.296. The van der Waals surface area contributed by atoms with Gasteiger partial charge in [0.1, 0.15) is 5.82 Å². The average Bonchev–Trinajstić information content (AvgIpc) is 3.01. The van der Waals surface area contributed by atoms with E-state index < -0.39 is 11.7 Å². The predicted octanol–water partition coefficient (Wildman–Crippen LogP) is 4.64. The number of alkyl halides is 3. The van der Waals surface area contributed by atoms with E-state index in [1.165, 1.54) is 24.3 Å². The Morgan fingerprint density at radius 2 is 1.79 bits per heavy atom. The van der Waals surface area contributed by atoms with E-state index in [2.05, 4.69) is 10.3 Å². The molecular formula is C17H13F4N3. The van der Waals surface area contributed by atoms with Gasteiger partial charge in [-0.2, -0.15) is 13.2 Å². The van der Waals surface area contributed by atoms with Crippen molar-refractivity contribution in [2.75, 3.05) is 5.32 Å². The predicted molar refractivity (Wildman–Crippen MR) is 82.3 cm³/mol. The fourth-order valence-electron chi connectivity index (χ4n) is 2.26. The van der Waals surface area contributed by atoms with Crippen LogP contribution < -0.4 is 5.32 Å². The molecule has 0 amide bonds. The molecule has 0 spiro atoms. The standard InChI is InChI=1S/C17H13F4N3/c18-14-2-1-3-15(10-14)24-9-8-22-16(24)23-11-12-4-6-13(7-5-12)17(19,20)21/h1-10H,11H2,(H,22,23). The van der Waals surface area contributed by atoms with Crippen LogP contribution in [0.25, 0.3) is 5.69 Å². The van der Waals surface area contributed by atoms with Crippen LogP contribution in [0.1, 0.15) is 11.1 Å². The summed E-state index contributed by atoms with van der Waals surface area (Å²) in [5.41, 5.74) is 0.590. The van der Waals surface area contributed by atoms with Crippen molar-refractivity contribution in [2.45, 2.75) is 12.7 Å². The molecule has 3 aromatic rings. The van der Waals surface area contributed by atoms with Gasteiger partial charge in [-0.1, -0.05) is 18.2 Å². The van der Waals surface area contributed by atoms with Crippen molar-refractivity contribution in [2.24, 2.45) is 0 Å². The van der Waals surface area contributed by atoms with E-state index in [1.807, 2.05) is 0 Å². The molecule has 0 fully saturated rings. The van der Waals surface area contributed by atoms with Gasteiger partial charge in [0.25, 0.3) is 0 Å². The smallest absolute Gasteiger partial charge is 0.351 e. The first-order valence-corrected chi connectivity index (χ1v) is 7.13. The van der Waals surface area contributed by atoms with Gasteiger partial charge in [0.15, 0.2) is 0 Å². The van der Waals surface area contributed by atoms with Gasteiger partial charge in [0.05, 0.1) is 11.3 Å². The number of nitrogens with one attached hydrogen (secondary N) is 1. The highest BCUT2D eigenvalue weighted by Gasteiger charge is 2.29. The van der Waals surface area contributed by atoms with E-state index >= 15 is 0 Å².